The summed E-state index contributed by atoms with van der Waals surface area (Å²) < 4.78 is 0. The van der Waals surface area contributed by atoms with Gasteiger partial charge < -0.3 is 5.11 Å². The Morgan fingerprint density at radius 2 is 1.65 bits per heavy atom. The maximum Gasteiger partial charge on any atom is 0.0678 e. The van der Waals surface area contributed by atoms with E-state index in [1.165, 1.54) is 32.1 Å². The first-order chi connectivity index (χ1) is 7.95. The molecule has 0 aromatic heterocycles. The number of rotatable bonds is 1. The van der Waals surface area contributed by atoms with E-state index in [0.717, 1.165) is 30.6 Å². The van der Waals surface area contributed by atoms with E-state index >= 15 is 0 Å². The minimum absolute atomic E-state index is 0.289. The molecule has 3 aliphatic rings. The zero-order valence-electron chi connectivity index (χ0n) is 11.7. The van der Waals surface area contributed by atoms with Crippen molar-refractivity contribution in [2.24, 2.45) is 29.1 Å². The summed E-state index contributed by atoms with van der Waals surface area (Å²) in [5, 5.41) is 11.0. The molecule has 3 fully saturated rings. The molecule has 1 nitrogen and oxygen atoms in total. The van der Waals surface area contributed by atoms with Gasteiger partial charge in [0.2, 0.25) is 0 Å². The molecule has 98 valence electrons. The van der Waals surface area contributed by atoms with Gasteiger partial charge in [0.05, 0.1) is 5.60 Å². The largest absolute Gasteiger partial charge is 0.390 e. The van der Waals surface area contributed by atoms with Crippen molar-refractivity contribution in [3.05, 3.63) is 0 Å². The van der Waals surface area contributed by atoms with E-state index in [1.807, 2.05) is 0 Å². The van der Waals surface area contributed by atoms with Crippen molar-refractivity contribution in [2.75, 3.05) is 0 Å². The van der Waals surface area contributed by atoms with Gasteiger partial charge in [0, 0.05) is 0 Å². The average Bonchev–Trinajstić information content (AvgIpc) is 2.81. The van der Waals surface area contributed by atoms with Crippen LogP contribution in [0.3, 0.4) is 0 Å². The van der Waals surface area contributed by atoms with Crippen LogP contribution in [0.2, 0.25) is 0 Å². The number of hydrogen-bond acceptors (Lipinski definition) is 1. The molecular weight excluding hydrogens is 208 g/mol. The molecule has 17 heavy (non-hydrogen) atoms. The van der Waals surface area contributed by atoms with Crippen molar-refractivity contribution in [1.82, 2.24) is 0 Å². The van der Waals surface area contributed by atoms with Gasteiger partial charge in [0.25, 0.3) is 0 Å². The number of hydrogen-bond donors (Lipinski definition) is 1. The third kappa shape index (κ3) is 1.61. The van der Waals surface area contributed by atoms with Crippen molar-refractivity contribution < 1.29 is 5.11 Å². The Bertz CT molecular complexity index is 297. The van der Waals surface area contributed by atoms with Crippen molar-refractivity contribution in [1.29, 1.82) is 0 Å². The van der Waals surface area contributed by atoms with Crippen molar-refractivity contribution in [2.45, 2.75) is 71.3 Å². The van der Waals surface area contributed by atoms with Gasteiger partial charge in [-0.3, -0.25) is 0 Å². The zero-order chi connectivity index (χ0) is 12.3. The predicted molar refractivity (Wildman–Crippen MR) is 70.7 cm³/mol. The number of aliphatic hydroxyl groups is 1. The van der Waals surface area contributed by atoms with E-state index in [2.05, 4.69) is 20.8 Å². The van der Waals surface area contributed by atoms with E-state index in [0.29, 0.717) is 11.3 Å². The Balaban J connectivity index is 1.80. The Hall–Kier alpha value is -0.0400. The molecule has 0 amide bonds. The molecule has 3 saturated carbocycles. The molecule has 1 N–H and O–H groups in total. The van der Waals surface area contributed by atoms with Gasteiger partial charge in [-0.15, -0.1) is 0 Å². The molecule has 2 bridgehead atoms. The van der Waals surface area contributed by atoms with Crippen LogP contribution in [0, 0.1) is 29.1 Å². The lowest BCUT2D eigenvalue weighted by atomic mass is 9.60. The van der Waals surface area contributed by atoms with Crippen LogP contribution in [0.1, 0.15) is 65.7 Å². The minimum atomic E-state index is -0.289. The highest BCUT2D eigenvalue weighted by Crippen LogP contribution is 2.64. The van der Waals surface area contributed by atoms with Crippen LogP contribution in [0.15, 0.2) is 0 Å². The van der Waals surface area contributed by atoms with Gasteiger partial charge in [0.15, 0.2) is 0 Å². The first kappa shape index (κ1) is 12.0. The van der Waals surface area contributed by atoms with Gasteiger partial charge >= 0.3 is 0 Å². The summed E-state index contributed by atoms with van der Waals surface area (Å²) in [7, 11) is 0. The minimum Gasteiger partial charge on any atom is -0.390 e. The lowest BCUT2D eigenvalue weighted by Gasteiger charge is -2.47. The Morgan fingerprint density at radius 3 is 2.18 bits per heavy atom. The molecule has 0 aromatic carbocycles. The summed E-state index contributed by atoms with van der Waals surface area (Å²) in [6.07, 6.45) is 8.69. The van der Waals surface area contributed by atoms with E-state index in [-0.39, 0.29) is 5.60 Å². The third-order valence-corrected chi connectivity index (χ3v) is 6.89. The average molecular weight is 236 g/mol. The summed E-state index contributed by atoms with van der Waals surface area (Å²) in [6.45, 7) is 7.33. The SMILES string of the molecule is CC1C2CC(CC2C2(O)CCCCC2)C1(C)C. The monoisotopic (exact) mass is 236 g/mol. The van der Waals surface area contributed by atoms with Crippen LogP contribution in [0.25, 0.3) is 0 Å². The normalized spacial score (nSPS) is 47.3. The Labute approximate surface area is 106 Å². The predicted octanol–water partition coefficient (Wildman–Crippen LogP) is 4.00. The van der Waals surface area contributed by atoms with Gasteiger partial charge in [-0.25, -0.2) is 0 Å². The lowest BCUT2D eigenvalue weighted by molar-refractivity contribution is -0.0896. The van der Waals surface area contributed by atoms with Crippen molar-refractivity contribution in [3.8, 4) is 0 Å². The summed E-state index contributed by atoms with van der Waals surface area (Å²) >= 11 is 0. The maximum atomic E-state index is 11.0. The van der Waals surface area contributed by atoms with Crippen molar-refractivity contribution >= 4 is 0 Å². The highest BCUT2D eigenvalue weighted by Gasteiger charge is 2.59. The number of fused-ring (bicyclic) bond motifs is 2. The van der Waals surface area contributed by atoms with Crippen LogP contribution in [-0.2, 0) is 0 Å². The fraction of sp³-hybridized carbons (Fsp3) is 1.00. The molecular formula is C16H28O. The van der Waals surface area contributed by atoms with E-state index in [1.54, 1.807) is 0 Å². The van der Waals surface area contributed by atoms with Crippen LogP contribution in [0.4, 0.5) is 0 Å². The quantitative estimate of drug-likeness (QED) is 0.729. The molecule has 0 aromatic rings. The molecule has 3 aliphatic carbocycles. The van der Waals surface area contributed by atoms with E-state index in [9.17, 15) is 5.11 Å². The van der Waals surface area contributed by atoms with Gasteiger partial charge in [-0.05, 0) is 54.8 Å². The molecule has 0 spiro atoms. The molecule has 4 atom stereocenters. The summed E-state index contributed by atoms with van der Waals surface area (Å²) in [4.78, 5) is 0. The summed E-state index contributed by atoms with van der Waals surface area (Å²) in [6, 6.07) is 0. The second-order valence-corrected chi connectivity index (χ2v) is 7.71. The highest BCUT2D eigenvalue weighted by atomic mass is 16.3. The third-order valence-electron chi connectivity index (χ3n) is 6.89. The zero-order valence-corrected chi connectivity index (χ0v) is 11.7. The smallest absolute Gasteiger partial charge is 0.0678 e. The highest BCUT2D eigenvalue weighted by molar-refractivity contribution is 5.08. The van der Waals surface area contributed by atoms with Gasteiger partial charge in [-0.2, -0.15) is 0 Å². The van der Waals surface area contributed by atoms with Crippen LogP contribution < -0.4 is 0 Å². The fourth-order valence-corrected chi connectivity index (χ4v) is 5.31. The van der Waals surface area contributed by atoms with Gasteiger partial charge in [-0.1, -0.05) is 40.0 Å². The topological polar surface area (TPSA) is 20.2 Å². The maximum absolute atomic E-state index is 11.0. The standard InChI is InChI=1S/C16H28O/c1-11-13-9-12(15(11,2)3)10-14(13)16(17)7-5-4-6-8-16/h11-14,17H,4-10H2,1-3H3. The molecule has 0 heterocycles. The second kappa shape index (κ2) is 3.73. The molecule has 1 heteroatoms. The summed E-state index contributed by atoms with van der Waals surface area (Å²) in [5.41, 5.74) is 0.231. The van der Waals surface area contributed by atoms with Gasteiger partial charge in [0.1, 0.15) is 0 Å². The molecule has 3 rings (SSSR count). The molecule has 0 saturated heterocycles. The summed E-state index contributed by atoms with van der Waals surface area (Å²) in [5.74, 6) is 3.10. The first-order valence-corrected chi connectivity index (χ1v) is 7.67. The lowest BCUT2D eigenvalue weighted by Crippen LogP contribution is -2.46. The van der Waals surface area contributed by atoms with Crippen LogP contribution in [0.5, 0.6) is 0 Å². The Kier molecular flexibility index (Phi) is 2.63. The fourth-order valence-electron chi connectivity index (χ4n) is 5.31. The Morgan fingerprint density at radius 1 is 1.00 bits per heavy atom. The second-order valence-electron chi connectivity index (χ2n) is 7.71. The van der Waals surface area contributed by atoms with E-state index < -0.39 is 0 Å². The molecule has 4 unspecified atom stereocenters. The molecule has 0 radical (unpaired) electrons. The van der Waals surface area contributed by atoms with Crippen molar-refractivity contribution in [3.63, 3.8) is 0 Å². The first-order valence-electron chi connectivity index (χ1n) is 7.67. The molecule has 0 aliphatic heterocycles. The van der Waals surface area contributed by atoms with Crippen LogP contribution in [-0.4, -0.2) is 10.7 Å². The van der Waals surface area contributed by atoms with E-state index in [4.69, 9.17) is 0 Å². The van der Waals surface area contributed by atoms with Crippen LogP contribution >= 0.6 is 0 Å².